The summed E-state index contributed by atoms with van der Waals surface area (Å²) in [4.78, 5) is 34.6. The lowest BCUT2D eigenvalue weighted by atomic mass is 9.86. The monoisotopic (exact) mass is 451 g/mol. The quantitative estimate of drug-likeness (QED) is 0.496. The minimum Gasteiger partial charge on any atom is -0.481 e. The Balaban J connectivity index is 2.19. The molecule has 0 aliphatic rings. The Bertz CT molecular complexity index is 901. The van der Waals surface area contributed by atoms with Crippen LogP contribution in [0.15, 0.2) is 48.5 Å². The Morgan fingerprint density at radius 2 is 1.60 bits per heavy atom. The maximum Gasteiger partial charge on any atom is 0.307 e. The normalized spacial score (nSPS) is 13.8. The standard InChI is InChI=1S/C22H23Cl2NO5/c1-13(25-20(26)11-16(22(29)30)12-21(27)28)18(14-6-8-17(23)9-7-14)10-15-4-2-3-5-19(15)24/h2-9,13,16,18H,10-12H2,1H3,(H,25,26)(H,27,28)(H,29,30). The van der Waals surface area contributed by atoms with Crippen LogP contribution in [0.1, 0.15) is 36.8 Å². The topological polar surface area (TPSA) is 104 Å². The smallest absolute Gasteiger partial charge is 0.307 e. The molecule has 0 aromatic heterocycles. The Morgan fingerprint density at radius 1 is 0.967 bits per heavy atom. The summed E-state index contributed by atoms with van der Waals surface area (Å²) in [6.07, 6.45) is -0.483. The third kappa shape index (κ3) is 7.04. The van der Waals surface area contributed by atoms with Crippen molar-refractivity contribution in [2.75, 3.05) is 0 Å². The van der Waals surface area contributed by atoms with Gasteiger partial charge in [0.1, 0.15) is 0 Å². The van der Waals surface area contributed by atoms with Gasteiger partial charge >= 0.3 is 11.9 Å². The summed E-state index contributed by atoms with van der Waals surface area (Å²) in [6, 6.07) is 14.3. The summed E-state index contributed by atoms with van der Waals surface area (Å²) in [5.74, 6) is -4.54. The van der Waals surface area contributed by atoms with Crippen LogP contribution in [0.2, 0.25) is 10.0 Å². The molecular formula is C22H23Cl2NO5. The molecule has 0 fully saturated rings. The van der Waals surface area contributed by atoms with Gasteiger partial charge in [0, 0.05) is 28.4 Å². The number of carboxylic acids is 2. The Kier molecular flexibility index (Phi) is 8.69. The molecule has 3 unspecified atom stereocenters. The minimum atomic E-state index is -1.31. The van der Waals surface area contributed by atoms with Gasteiger partial charge in [0.25, 0.3) is 0 Å². The molecular weight excluding hydrogens is 429 g/mol. The Morgan fingerprint density at radius 3 is 2.17 bits per heavy atom. The van der Waals surface area contributed by atoms with E-state index in [2.05, 4.69) is 5.32 Å². The van der Waals surface area contributed by atoms with E-state index in [1.807, 2.05) is 37.3 Å². The molecule has 0 spiro atoms. The lowest BCUT2D eigenvalue weighted by molar-refractivity contribution is -0.149. The van der Waals surface area contributed by atoms with Crippen LogP contribution in [-0.4, -0.2) is 34.1 Å². The number of hydrogen-bond donors (Lipinski definition) is 3. The lowest BCUT2D eigenvalue weighted by Gasteiger charge is -2.26. The maximum absolute atomic E-state index is 12.4. The summed E-state index contributed by atoms with van der Waals surface area (Å²) in [5.41, 5.74) is 1.85. The number of rotatable bonds is 10. The summed E-state index contributed by atoms with van der Waals surface area (Å²) in [5, 5.41) is 22.1. The first-order valence-electron chi connectivity index (χ1n) is 9.40. The van der Waals surface area contributed by atoms with Crippen LogP contribution >= 0.6 is 23.2 Å². The molecule has 30 heavy (non-hydrogen) atoms. The molecule has 0 heterocycles. The summed E-state index contributed by atoms with van der Waals surface area (Å²) in [6.45, 7) is 1.82. The summed E-state index contributed by atoms with van der Waals surface area (Å²) < 4.78 is 0. The largest absolute Gasteiger partial charge is 0.481 e. The zero-order chi connectivity index (χ0) is 22.3. The number of amides is 1. The second kappa shape index (κ2) is 11.0. The highest BCUT2D eigenvalue weighted by Gasteiger charge is 2.27. The molecule has 0 aliphatic carbocycles. The number of aliphatic carboxylic acids is 2. The molecule has 3 atom stereocenters. The molecule has 0 bridgehead atoms. The zero-order valence-electron chi connectivity index (χ0n) is 16.3. The first kappa shape index (κ1) is 23.7. The minimum absolute atomic E-state index is 0.158. The van der Waals surface area contributed by atoms with Gasteiger partial charge in [0.15, 0.2) is 0 Å². The van der Waals surface area contributed by atoms with Crippen LogP contribution in [-0.2, 0) is 20.8 Å². The lowest BCUT2D eigenvalue weighted by Crippen LogP contribution is -2.39. The third-order valence-electron chi connectivity index (χ3n) is 4.89. The molecule has 160 valence electrons. The number of carbonyl (C=O) groups is 3. The molecule has 0 aliphatic heterocycles. The van der Waals surface area contributed by atoms with Crippen LogP contribution in [0.5, 0.6) is 0 Å². The number of carbonyl (C=O) groups excluding carboxylic acids is 1. The Labute approximate surface area is 184 Å². The SMILES string of the molecule is CC(NC(=O)CC(CC(=O)O)C(=O)O)C(Cc1ccccc1Cl)c1ccc(Cl)cc1. The molecule has 8 heteroatoms. The van der Waals surface area contributed by atoms with Crippen molar-refractivity contribution in [2.24, 2.45) is 5.92 Å². The second-order valence-electron chi connectivity index (χ2n) is 7.15. The van der Waals surface area contributed by atoms with Crippen LogP contribution in [0, 0.1) is 5.92 Å². The number of halogens is 2. The Hall–Kier alpha value is -2.57. The van der Waals surface area contributed by atoms with Crippen molar-refractivity contribution in [1.82, 2.24) is 5.32 Å². The van der Waals surface area contributed by atoms with Gasteiger partial charge in [-0.3, -0.25) is 14.4 Å². The fraction of sp³-hybridized carbons (Fsp3) is 0.318. The number of benzene rings is 2. The third-order valence-corrected chi connectivity index (χ3v) is 5.51. The first-order valence-corrected chi connectivity index (χ1v) is 10.2. The highest BCUT2D eigenvalue weighted by atomic mass is 35.5. The van der Waals surface area contributed by atoms with Crippen molar-refractivity contribution in [1.29, 1.82) is 0 Å². The van der Waals surface area contributed by atoms with Crippen molar-refractivity contribution >= 4 is 41.0 Å². The van der Waals surface area contributed by atoms with Crippen molar-refractivity contribution in [3.63, 3.8) is 0 Å². The van der Waals surface area contributed by atoms with E-state index in [9.17, 15) is 19.5 Å². The van der Waals surface area contributed by atoms with Gasteiger partial charge < -0.3 is 15.5 Å². The van der Waals surface area contributed by atoms with Crippen molar-refractivity contribution < 1.29 is 24.6 Å². The van der Waals surface area contributed by atoms with Crippen LogP contribution < -0.4 is 5.32 Å². The highest BCUT2D eigenvalue weighted by molar-refractivity contribution is 6.31. The van der Waals surface area contributed by atoms with Gasteiger partial charge in [0.2, 0.25) is 5.91 Å². The van der Waals surface area contributed by atoms with Gasteiger partial charge in [0.05, 0.1) is 12.3 Å². The van der Waals surface area contributed by atoms with Gasteiger partial charge in [-0.2, -0.15) is 0 Å². The molecule has 6 nitrogen and oxygen atoms in total. The van der Waals surface area contributed by atoms with E-state index >= 15 is 0 Å². The predicted octanol–water partition coefficient (Wildman–Crippen LogP) is 4.39. The number of nitrogens with one attached hydrogen (secondary N) is 1. The van der Waals surface area contributed by atoms with E-state index in [4.69, 9.17) is 28.3 Å². The van der Waals surface area contributed by atoms with E-state index in [0.29, 0.717) is 16.5 Å². The summed E-state index contributed by atoms with van der Waals surface area (Å²) in [7, 11) is 0. The maximum atomic E-state index is 12.4. The number of hydrogen-bond acceptors (Lipinski definition) is 3. The zero-order valence-corrected chi connectivity index (χ0v) is 17.9. The molecule has 0 radical (unpaired) electrons. The van der Waals surface area contributed by atoms with E-state index in [0.717, 1.165) is 11.1 Å². The predicted molar refractivity (Wildman–Crippen MR) is 115 cm³/mol. The molecule has 2 aromatic rings. The second-order valence-corrected chi connectivity index (χ2v) is 7.99. The molecule has 2 rings (SSSR count). The number of carboxylic acid groups (broad SMARTS) is 2. The van der Waals surface area contributed by atoms with E-state index in [-0.39, 0.29) is 12.0 Å². The van der Waals surface area contributed by atoms with Crippen molar-refractivity contribution in [3.8, 4) is 0 Å². The molecule has 1 amide bonds. The van der Waals surface area contributed by atoms with Crippen LogP contribution in [0.25, 0.3) is 0 Å². The van der Waals surface area contributed by atoms with Crippen LogP contribution in [0.3, 0.4) is 0 Å². The molecule has 0 saturated carbocycles. The van der Waals surface area contributed by atoms with E-state index in [1.165, 1.54) is 0 Å². The average molecular weight is 452 g/mol. The summed E-state index contributed by atoms with van der Waals surface area (Å²) >= 11 is 12.3. The highest BCUT2D eigenvalue weighted by Crippen LogP contribution is 2.29. The van der Waals surface area contributed by atoms with E-state index in [1.54, 1.807) is 18.2 Å². The molecule has 3 N–H and O–H groups in total. The van der Waals surface area contributed by atoms with Crippen molar-refractivity contribution in [3.05, 3.63) is 69.7 Å². The first-order chi connectivity index (χ1) is 14.2. The van der Waals surface area contributed by atoms with Gasteiger partial charge in [-0.1, -0.05) is 53.5 Å². The average Bonchev–Trinajstić information content (AvgIpc) is 2.67. The molecule has 0 saturated heterocycles. The van der Waals surface area contributed by atoms with Crippen LogP contribution in [0.4, 0.5) is 0 Å². The van der Waals surface area contributed by atoms with Gasteiger partial charge in [-0.05, 0) is 42.7 Å². The van der Waals surface area contributed by atoms with Gasteiger partial charge in [-0.25, -0.2) is 0 Å². The molecule has 2 aromatic carbocycles. The van der Waals surface area contributed by atoms with E-state index < -0.39 is 36.6 Å². The van der Waals surface area contributed by atoms with Crippen molar-refractivity contribution in [2.45, 2.75) is 38.1 Å². The fourth-order valence-electron chi connectivity index (χ4n) is 3.29. The van der Waals surface area contributed by atoms with Gasteiger partial charge in [-0.15, -0.1) is 0 Å². The fourth-order valence-corrected chi connectivity index (χ4v) is 3.63.